The number of carboxylic acid groups (broad SMARTS) is 1. The topological polar surface area (TPSA) is 84.9 Å². The van der Waals surface area contributed by atoms with Gasteiger partial charge in [-0.1, -0.05) is 28.1 Å². The lowest BCUT2D eigenvalue weighted by atomic mass is 10.1. The third-order valence-corrected chi connectivity index (χ3v) is 4.54. The standard InChI is InChI=1S/C20H19Br2NO5/c1-3-27-18-10-14(9-17(20(25)26)23-12(2)24)8-16(22)19(18)28-11-13-5-4-6-15(21)7-13/h4-10H,3,11H2,1-2H3,(H,23,24)(H,25,26). The molecule has 2 aromatic carbocycles. The van der Waals surface area contributed by atoms with E-state index in [1.54, 1.807) is 12.1 Å². The van der Waals surface area contributed by atoms with Crippen LogP contribution in [0.3, 0.4) is 0 Å². The molecule has 28 heavy (non-hydrogen) atoms. The zero-order valence-corrected chi connectivity index (χ0v) is 18.5. The predicted molar refractivity (Wildman–Crippen MR) is 113 cm³/mol. The summed E-state index contributed by atoms with van der Waals surface area (Å²) in [6.07, 6.45) is 1.36. The van der Waals surface area contributed by atoms with E-state index in [1.807, 2.05) is 31.2 Å². The summed E-state index contributed by atoms with van der Waals surface area (Å²) in [5.41, 5.74) is 1.28. The van der Waals surface area contributed by atoms with Gasteiger partial charge in [0.1, 0.15) is 12.3 Å². The van der Waals surface area contributed by atoms with E-state index < -0.39 is 11.9 Å². The largest absolute Gasteiger partial charge is 0.490 e. The molecule has 2 aromatic rings. The molecule has 0 saturated heterocycles. The summed E-state index contributed by atoms with van der Waals surface area (Å²) in [5, 5.41) is 11.6. The summed E-state index contributed by atoms with van der Waals surface area (Å²) >= 11 is 6.88. The van der Waals surface area contributed by atoms with Crippen LogP contribution in [0.15, 0.2) is 51.0 Å². The van der Waals surface area contributed by atoms with E-state index >= 15 is 0 Å². The normalized spacial score (nSPS) is 11.1. The van der Waals surface area contributed by atoms with Crippen molar-refractivity contribution in [3.05, 3.63) is 62.2 Å². The van der Waals surface area contributed by atoms with Crippen molar-refractivity contribution in [1.29, 1.82) is 0 Å². The second-order valence-corrected chi connectivity index (χ2v) is 7.50. The molecule has 0 aliphatic carbocycles. The van der Waals surface area contributed by atoms with Crippen molar-refractivity contribution in [2.24, 2.45) is 0 Å². The number of amides is 1. The van der Waals surface area contributed by atoms with E-state index in [4.69, 9.17) is 9.47 Å². The molecule has 0 spiro atoms. The summed E-state index contributed by atoms with van der Waals surface area (Å²) in [4.78, 5) is 22.5. The number of nitrogens with one attached hydrogen (secondary N) is 1. The number of carboxylic acids is 1. The number of carbonyl (C=O) groups excluding carboxylic acids is 1. The highest BCUT2D eigenvalue weighted by molar-refractivity contribution is 9.10. The van der Waals surface area contributed by atoms with Crippen molar-refractivity contribution in [3.63, 3.8) is 0 Å². The number of hydrogen-bond donors (Lipinski definition) is 2. The summed E-state index contributed by atoms with van der Waals surface area (Å²) in [5.74, 6) is -0.730. The first kappa shape index (κ1) is 22.0. The Hall–Kier alpha value is -2.32. The van der Waals surface area contributed by atoms with Crippen LogP contribution in [-0.4, -0.2) is 23.6 Å². The number of ether oxygens (including phenoxy) is 2. The van der Waals surface area contributed by atoms with Crippen LogP contribution < -0.4 is 14.8 Å². The quantitative estimate of drug-likeness (QED) is 0.498. The molecule has 1 amide bonds. The van der Waals surface area contributed by atoms with Gasteiger partial charge >= 0.3 is 5.97 Å². The number of hydrogen-bond acceptors (Lipinski definition) is 4. The molecule has 0 aliphatic heterocycles. The van der Waals surface area contributed by atoms with Gasteiger partial charge in [-0.25, -0.2) is 4.79 Å². The smallest absolute Gasteiger partial charge is 0.352 e. The van der Waals surface area contributed by atoms with Crippen LogP contribution in [0.5, 0.6) is 11.5 Å². The molecule has 0 bridgehead atoms. The molecule has 0 atom stereocenters. The number of aliphatic carboxylic acids is 1. The number of halogens is 2. The highest BCUT2D eigenvalue weighted by atomic mass is 79.9. The van der Waals surface area contributed by atoms with Crippen LogP contribution >= 0.6 is 31.9 Å². The Labute approximate surface area is 179 Å². The third kappa shape index (κ3) is 6.38. The maximum Gasteiger partial charge on any atom is 0.352 e. The van der Waals surface area contributed by atoms with Crippen molar-refractivity contribution >= 4 is 49.8 Å². The van der Waals surface area contributed by atoms with Gasteiger partial charge in [-0.05, 0) is 64.3 Å². The Morgan fingerprint density at radius 1 is 1.18 bits per heavy atom. The van der Waals surface area contributed by atoms with Crippen LogP contribution in [0.2, 0.25) is 0 Å². The lowest BCUT2D eigenvalue weighted by Crippen LogP contribution is -2.24. The van der Waals surface area contributed by atoms with Crippen molar-refractivity contribution in [1.82, 2.24) is 5.32 Å². The van der Waals surface area contributed by atoms with Crippen molar-refractivity contribution in [3.8, 4) is 11.5 Å². The van der Waals surface area contributed by atoms with Gasteiger partial charge in [0, 0.05) is 11.4 Å². The van der Waals surface area contributed by atoms with Crippen LogP contribution in [0.25, 0.3) is 6.08 Å². The van der Waals surface area contributed by atoms with Gasteiger partial charge in [0.15, 0.2) is 11.5 Å². The Morgan fingerprint density at radius 2 is 1.93 bits per heavy atom. The van der Waals surface area contributed by atoms with Crippen LogP contribution in [0, 0.1) is 0 Å². The monoisotopic (exact) mass is 511 g/mol. The van der Waals surface area contributed by atoms with Crippen LogP contribution in [-0.2, 0) is 16.2 Å². The summed E-state index contributed by atoms with van der Waals surface area (Å²) in [6, 6.07) is 11.1. The SMILES string of the molecule is CCOc1cc(C=C(NC(C)=O)C(=O)O)cc(Br)c1OCc1cccc(Br)c1. The van der Waals surface area contributed by atoms with Crippen LogP contribution in [0.4, 0.5) is 0 Å². The molecule has 0 aromatic heterocycles. The van der Waals surface area contributed by atoms with Crippen molar-refractivity contribution < 1.29 is 24.2 Å². The zero-order chi connectivity index (χ0) is 20.7. The first-order valence-corrected chi connectivity index (χ1v) is 9.95. The van der Waals surface area contributed by atoms with Gasteiger partial charge in [0.25, 0.3) is 0 Å². The fourth-order valence-electron chi connectivity index (χ4n) is 2.36. The van der Waals surface area contributed by atoms with E-state index in [1.165, 1.54) is 13.0 Å². The molecule has 0 radical (unpaired) electrons. The summed E-state index contributed by atoms with van der Waals surface area (Å²) in [7, 11) is 0. The van der Waals surface area contributed by atoms with Gasteiger partial charge in [0.2, 0.25) is 5.91 Å². The van der Waals surface area contributed by atoms with E-state index in [-0.39, 0.29) is 5.70 Å². The highest BCUT2D eigenvalue weighted by Gasteiger charge is 2.14. The molecule has 0 fully saturated rings. The number of carbonyl (C=O) groups is 2. The number of rotatable bonds is 8. The molecular formula is C20H19Br2NO5. The average Bonchev–Trinajstić information content (AvgIpc) is 2.60. The fraction of sp³-hybridized carbons (Fsp3) is 0.200. The highest BCUT2D eigenvalue weighted by Crippen LogP contribution is 2.38. The molecule has 6 nitrogen and oxygen atoms in total. The lowest BCUT2D eigenvalue weighted by molar-refractivity contribution is -0.134. The molecule has 8 heteroatoms. The van der Waals surface area contributed by atoms with Gasteiger partial charge in [0.05, 0.1) is 11.1 Å². The summed E-state index contributed by atoms with van der Waals surface area (Å²) in [6.45, 7) is 3.83. The minimum Gasteiger partial charge on any atom is -0.490 e. The van der Waals surface area contributed by atoms with E-state index in [0.29, 0.717) is 34.7 Å². The van der Waals surface area contributed by atoms with E-state index in [9.17, 15) is 14.7 Å². The van der Waals surface area contributed by atoms with Crippen molar-refractivity contribution in [2.45, 2.75) is 20.5 Å². The van der Waals surface area contributed by atoms with Gasteiger partial charge < -0.3 is 19.9 Å². The maximum atomic E-state index is 11.3. The van der Waals surface area contributed by atoms with Gasteiger partial charge in [-0.3, -0.25) is 4.79 Å². The molecule has 0 aliphatic rings. The van der Waals surface area contributed by atoms with E-state index in [2.05, 4.69) is 37.2 Å². The minimum atomic E-state index is -1.24. The zero-order valence-electron chi connectivity index (χ0n) is 15.3. The average molecular weight is 513 g/mol. The second-order valence-electron chi connectivity index (χ2n) is 5.73. The van der Waals surface area contributed by atoms with E-state index in [0.717, 1.165) is 10.0 Å². The maximum absolute atomic E-state index is 11.3. The first-order chi connectivity index (χ1) is 13.3. The molecule has 148 valence electrons. The molecule has 2 N–H and O–H groups in total. The third-order valence-electron chi connectivity index (χ3n) is 3.46. The lowest BCUT2D eigenvalue weighted by Gasteiger charge is -2.15. The van der Waals surface area contributed by atoms with Gasteiger partial charge in [-0.2, -0.15) is 0 Å². The predicted octanol–water partition coefficient (Wildman–Crippen LogP) is 4.75. The Morgan fingerprint density at radius 3 is 2.54 bits per heavy atom. The molecule has 0 saturated carbocycles. The molecular weight excluding hydrogens is 494 g/mol. The second kappa shape index (κ2) is 10.3. The molecule has 2 rings (SSSR count). The number of benzene rings is 2. The Balaban J connectivity index is 2.34. The minimum absolute atomic E-state index is 0.232. The van der Waals surface area contributed by atoms with Crippen LogP contribution in [0.1, 0.15) is 25.0 Å². The summed E-state index contributed by atoms with van der Waals surface area (Å²) < 4.78 is 13.2. The Kier molecular flexibility index (Phi) is 8.07. The fourth-order valence-corrected chi connectivity index (χ4v) is 3.38. The molecule has 0 unspecified atom stereocenters. The Bertz CT molecular complexity index is 911. The first-order valence-electron chi connectivity index (χ1n) is 8.36. The van der Waals surface area contributed by atoms with Gasteiger partial charge in [-0.15, -0.1) is 0 Å². The van der Waals surface area contributed by atoms with Crippen molar-refractivity contribution in [2.75, 3.05) is 6.61 Å². The molecule has 0 heterocycles.